The molecule has 0 aliphatic rings. The van der Waals surface area contributed by atoms with Gasteiger partial charge in [-0.15, -0.1) is 0 Å². The Bertz CT molecular complexity index is 1110. The molecule has 0 saturated carbocycles. The average molecular weight is 483 g/mol. The van der Waals surface area contributed by atoms with Crippen molar-refractivity contribution in [1.82, 2.24) is 15.3 Å². The molecule has 0 unspecified atom stereocenters. The van der Waals surface area contributed by atoms with Crippen molar-refractivity contribution in [3.05, 3.63) is 70.5 Å². The van der Waals surface area contributed by atoms with Crippen LogP contribution < -0.4 is 26.4 Å². The number of carbonyl (C=O) groups is 1. The number of nitrogens with one attached hydrogen (secondary N) is 3. The van der Waals surface area contributed by atoms with Crippen LogP contribution in [0.4, 0.5) is 17.3 Å². The van der Waals surface area contributed by atoms with Gasteiger partial charge in [0.25, 0.3) is 5.91 Å². The molecule has 1 heterocycles. The van der Waals surface area contributed by atoms with Crippen LogP contribution in [0.25, 0.3) is 0 Å². The van der Waals surface area contributed by atoms with Gasteiger partial charge in [-0.1, -0.05) is 11.6 Å². The van der Waals surface area contributed by atoms with Gasteiger partial charge in [0.05, 0.1) is 12.1 Å². The minimum atomic E-state index is -0.281. The summed E-state index contributed by atoms with van der Waals surface area (Å²) in [5.41, 5.74) is 9.89. The molecule has 0 radical (unpaired) electrons. The van der Waals surface area contributed by atoms with Crippen molar-refractivity contribution in [3.8, 4) is 5.75 Å². The highest BCUT2D eigenvalue weighted by Crippen LogP contribution is 2.31. The standard InChI is InChI=1S/C25H31ClN6O2/c1-25(2,27)15-31-19-7-9-20(10-8-19)32-24-29-13-16(14-30-24)5-6-17-11-18(23(33)28-3)12-21(34-4)22(17)26/h7-14,31H,5-6,15,27H2,1-4H3,(H,28,33)(H,29,30,32). The minimum Gasteiger partial charge on any atom is -0.495 e. The number of aromatic nitrogens is 2. The van der Waals surface area contributed by atoms with Crippen LogP contribution in [0.15, 0.2) is 48.8 Å². The fourth-order valence-electron chi connectivity index (χ4n) is 3.22. The highest BCUT2D eigenvalue weighted by Gasteiger charge is 2.14. The van der Waals surface area contributed by atoms with Crippen molar-refractivity contribution in [2.75, 3.05) is 31.3 Å². The normalized spacial score (nSPS) is 11.1. The average Bonchev–Trinajstić information content (AvgIpc) is 2.83. The molecule has 3 rings (SSSR count). The number of aryl methyl sites for hydroxylation is 2. The molecule has 34 heavy (non-hydrogen) atoms. The molecule has 1 amide bonds. The van der Waals surface area contributed by atoms with Gasteiger partial charge in [-0.05, 0) is 74.2 Å². The summed E-state index contributed by atoms with van der Waals surface area (Å²) in [6, 6.07) is 11.3. The lowest BCUT2D eigenvalue weighted by molar-refractivity contribution is 0.0962. The number of methoxy groups -OCH3 is 1. The van der Waals surface area contributed by atoms with Gasteiger partial charge in [0.1, 0.15) is 5.75 Å². The molecule has 8 nitrogen and oxygen atoms in total. The van der Waals surface area contributed by atoms with Crippen molar-refractivity contribution in [1.29, 1.82) is 0 Å². The quantitative estimate of drug-likeness (QED) is 0.342. The molecule has 180 valence electrons. The second-order valence-electron chi connectivity index (χ2n) is 8.69. The second-order valence-corrected chi connectivity index (χ2v) is 9.07. The number of benzene rings is 2. The Balaban J connectivity index is 1.61. The lowest BCUT2D eigenvalue weighted by Gasteiger charge is -2.19. The number of amides is 1. The van der Waals surface area contributed by atoms with Gasteiger partial charge >= 0.3 is 0 Å². The third-order valence-electron chi connectivity index (χ3n) is 5.10. The molecule has 0 fully saturated rings. The summed E-state index contributed by atoms with van der Waals surface area (Å²) >= 11 is 6.45. The summed E-state index contributed by atoms with van der Waals surface area (Å²) < 4.78 is 5.33. The van der Waals surface area contributed by atoms with Gasteiger partial charge in [-0.2, -0.15) is 0 Å². The van der Waals surface area contributed by atoms with E-state index in [0.717, 1.165) is 22.5 Å². The number of hydrogen-bond donors (Lipinski definition) is 4. The number of halogens is 1. The maximum absolute atomic E-state index is 12.1. The van der Waals surface area contributed by atoms with Crippen LogP contribution in [-0.4, -0.2) is 42.1 Å². The van der Waals surface area contributed by atoms with Gasteiger partial charge in [-0.25, -0.2) is 9.97 Å². The van der Waals surface area contributed by atoms with Crippen LogP contribution in [0.3, 0.4) is 0 Å². The molecule has 9 heteroatoms. The van der Waals surface area contributed by atoms with E-state index in [1.165, 1.54) is 7.11 Å². The Kier molecular flexibility index (Phi) is 8.31. The van der Waals surface area contributed by atoms with Crippen LogP contribution in [0.5, 0.6) is 5.75 Å². The third-order valence-corrected chi connectivity index (χ3v) is 5.53. The molecule has 0 aliphatic carbocycles. The Morgan fingerprint density at radius 3 is 2.32 bits per heavy atom. The molecule has 1 aromatic heterocycles. The summed E-state index contributed by atoms with van der Waals surface area (Å²) in [6.45, 7) is 4.63. The highest BCUT2D eigenvalue weighted by atomic mass is 35.5. The van der Waals surface area contributed by atoms with Crippen LogP contribution in [0, 0.1) is 0 Å². The van der Waals surface area contributed by atoms with E-state index >= 15 is 0 Å². The zero-order chi connectivity index (χ0) is 24.7. The van der Waals surface area contributed by atoms with Gasteiger partial charge in [0.15, 0.2) is 0 Å². The maximum Gasteiger partial charge on any atom is 0.251 e. The monoisotopic (exact) mass is 482 g/mol. The summed E-state index contributed by atoms with van der Waals surface area (Å²) in [5.74, 6) is 0.789. The van der Waals surface area contributed by atoms with E-state index in [9.17, 15) is 4.79 Å². The number of carbonyl (C=O) groups excluding carboxylic acids is 1. The fraction of sp³-hybridized carbons (Fsp3) is 0.320. The Labute approximate surface area is 205 Å². The van der Waals surface area contributed by atoms with Crippen LogP contribution in [0.2, 0.25) is 5.02 Å². The second kappa shape index (κ2) is 11.2. The number of nitrogens with zero attached hydrogens (tertiary/aromatic N) is 2. The molecule has 3 aromatic rings. The number of nitrogens with two attached hydrogens (primary N) is 1. The predicted molar refractivity (Wildman–Crippen MR) is 137 cm³/mol. The fourth-order valence-corrected chi connectivity index (χ4v) is 3.50. The van der Waals surface area contributed by atoms with Crippen LogP contribution >= 0.6 is 11.6 Å². The molecule has 0 spiro atoms. The van der Waals surface area contributed by atoms with E-state index in [1.54, 1.807) is 31.6 Å². The Morgan fingerprint density at radius 2 is 1.74 bits per heavy atom. The first-order valence-corrected chi connectivity index (χ1v) is 11.4. The summed E-state index contributed by atoms with van der Waals surface area (Å²) in [4.78, 5) is 20.9. The summed E-state index contributed by atoms with van der Waals surface area (Å²) in [5, 5.41) is 9.63. The zero-order valence-corrected chi connectivity index (χ0v) is 20.7. The molecule has 0 atom stereocenters. The van der Waals surface area contributed by atoms with E-state index < -0.39 is 0 Å². The number of anilines is 3. The summed E-state index contributed by atoms with van der Waals surface area (Å²) in [7, 11) is 3.12. The SMILES string of the molecule is CNC(=O)c1cc(CCc2cnc(Nc3ccc(NCC(C)(C)N)cc3)nc2)c(Cl)c(OC)c1. The van der Waals surface area contributed by atoms with Crippen LogP contribution in [-0.2, 0) is 12.8 Å². The van der Waals surface area contributed by atoms with Crippen molar-refractivity contribution in [2.45, 2.75) is 32.2 Å². The van der Waals surface area contributed by atoms with E-state index in [2.05, 4.69) is 25.9 Å². The number of hydrogen-bond acceptors (Lipinski definition) is 7. The molecule has 2 aromatic carbocycles. The van der Waals surface area contributed by atoms with E-state index in [0.29, 0.717) is 41.7 Å². The van der Waals surface area contributed by atoms with Crippen molar-refractivity contribution in [2.24, 2.45) is 5.73 Å². The van der Waals surface area contributed by atoms with E-state index in [1.807, 2.05) is 38.1 Å². The molecule has 0 bridgehead atoms. The van der Waals surface area contributed by atoms with E-state index in [-0.39, 0.29) is 11.4 Å². The lowest BCUT2D eigenvalue weighted by Crippen LogP contribution is -2.39. The molecule has 5 N–H and O–H groups in total. The Morgan fingerprint density at radius 1 is 1.09 bits per heavy atom. The van der Waals surface area contributed by atoms with Gasteiger partial charge in [0, 0.05) is 48.5 Å². The van der Waals surface area contributed by atoms with Crippen molar-refractivity contribution >= 4 is 34.8 Å². The largest absolute Gasteiger partial charge is 0.495 e. The maximum atomic E-state index is 12.1. The van der Waals surface area contributed by atoms with Crippen LogP contribution in [0.1, 0.15) is 35.3 Å². The first-order chi connectivity index (χ1) is 16.2. The predicted octanol–water partition coefficient (Wildman–Crippen LogP) is 4.18. The van der Waals surface area contributed by atoms with Gasteiger partial charge in [0.2, 0.25) is 5.95 Å². The smallest absolute Gasteiger partial charge is 0.251 e. The third kappa shape index (κ3) is 7.07. The number of rotatable bonds is 10. The molecular weight excluding hydrogens is 452 g/mol. The van der Waals surface area contributed by atoms with Gasteiger partial charge in [-0.3, -0.25) is 4.79 Å². The topological polar surface area (TPSA) is 114 Å². The summed E-state index contributed by atoms with van der Waals surface area (Å²) in [6.07, 6.45) is 4.84. The van der Waals surface area contributed by atoms with E-state index in [4.69, 9.17) is 22.1 Å². The molecular formula is C25H31ClN6O2. The van der Waals surface area contributed by atoms with Crippen molar-refractivity contribution in [3.63, 3.8) is 0 Å². The number of ether oxygens (including phenoxy) is 1. The minimum absolute atomic E-state index is 0.193. The van der Waals surface area contributed by atoms with Gasteiger partial charge < -0.3 is 26.4 Å². The zero-order valence-electron chi connectivity index (χ0n) is 19.9. The highest BCUT2D eigenvalue weighted by molar-refractivity contribution is 6.33. The first-order valence-electron chi connectivity index (χ1n) is 11.0. The first kappa shape index (κ1) is 25.3. The lowest BCUT2D eigenvalue weighted by atomic mass is 10.0. The van der Waals surface area contributed by atoms with Crippen molar-refractivity contribution < 1.29 is 9.53 Å². The molecule has 0 aliphatic heterocycles. The Hall–Kier alpha value is -3.36. The molecule has 0 saturated heterocycles.